The fraction of sp³-hybridized carbons (Fsp3) is 0.600. The standard InChI is InChI=1S/C15H25NO3/c1-11(2)16-9-12(3)10-19-15-7-13(17-4)6-14(8-15)18-5/h6-8,11-12,16H,9-10H2,1-5H3. The van der Waals surface area contributed by atoms with E-state index in [1.807, 2.05) is 18.2 Å². The SMILES string of the molecule is COc1cc(OC)cc(OCC(C)CNC(C)C)c1. The molecule has 0 aliphatic carbocycles. The molecule has 0 aliphatic rings. The summed E-state index contributed by atoms with van der Waals surface area (Å²) in [6.45, 7) is 8.04. The zero-order valence-electron chi connectivity index (χ0n) is 12.5. The van der Waals surface area contributed by atoms with Gasteiger partial charge in [-0.15, -0.1) is 0 Å². The molecule has 1 unspecified atom stereocenters. The topological polar surface area (TPSA) is 39.7 Å². The highest BCUT2D eigenvalue weighted by Crippen LogP contribution is 2.27. The molecule has 0 saturated carbocycles. The van der Waals surface area contributed by atoms with Gasteiger partial charge in [-0.1, -0.05) is 20.8 Å². The molecule has 1 N–H and O–H groups in total. The zero-order chi connectivity index (χ0) is 14.3. The van der Waals surface area contributed by atoms with Crippen LogP contribution in [0.1, 0.15) is 20.8 Å². The van der Waals surface area contributed by atoms with Crippen molar-refractivity contribution in [3.05, 3.63) is 18.2 Å². The lowest BCUT2D eigenvalue weighted by molar-refractivity contribution is 0.250. The molecule has 0 spiro atoms. The summed E-state index contributed by atoms with van der Waals surface area (Å²) in [5.41, 5.74) is 0. The van der Waals surface area contributed by atoms with Gasteiger partial charge in [-0.25, -0.2) is 0 Å². The maximum Gasteiger partial charge on any atom is 0.126 e. The maximum absolute atomic E-state index is 5.79. The third-order valence-electron chi connectivity index (χ3n) is 2.73. The molecule has 0 saturated heterocycles. The first-order valence-corrected chi connectivity index (χ1v) is 6.64. The molecule has 1 aromatic carbocycles. The highest BCUT2D eigenvalue weighted by atomic mass is 16.5. The number of hydrogen-bond acceptors (Lipinski definition) is 4. The average molecular weight is 267 g/mol. The van der Waals surface area contributed by atoms with Crippen LogP contribution >= 0.6 is 0 Å². The molecule has 4 heteroatoms. The van der Waals surface area contributed by atoms with E-state index in [2.05, 4.69) is 26.1 Å². The summed E-state index contributed by atoms with van der Waals surface area (Å²) in [5.74, 6) is 2.69. The predicted octanol–water partition coefficient (Wildman–Crippen LogP) is 2.72. The van der Waals surface area contributed by atoms with Crippen LogP contribution in [-0.4, -0.2) is 33.4 Å². The van der Waals surface area contributed by atoms with Gasteiger partial charge in [0.25, 0.3) is 0 Å². The number of rotatable bonds is 8. The Morgan fingerprint density at radius 1 is 0.947 bits per heavy atom. The summed E-state index contributed by atoms with van der Waals surface area (Å²) in [6, 6.07) is 6.06. The molecular weight excluding hydrogens is 242 g/mol. The van der Waals surface area contributed by atoms with Crippen LogP contribution in [0.25, 0.3) is 0 Å². The Kier molecular flexibility index (Phi) is 6.50. The summed E-state index contributed by atoms with van der Waals surface area (Å²) < 4.78 is 16.2. The number of hydrogen-bond donors (Lipinski definition) is 1. The number of nitrogens with one attached hydrogen (secondary N) is 1. The van der Waals surface area contributed by atoms with Crippen molar-refractivity contribution in [3.8, 4) is 17.2 Å². The van der Waals surface area contributed by atoms with Gasteiger partial charge in [-0.3, -0.25) is 0 Å². The molecule has 4 nitrogen and oxygen atoms in total. The largest absolute Gasteiger partial charge is 0.496 e. The minimum absolute atomic E-state index is 0.444. The quantitative estimate of drug-likeness (QED) is 0.786. The molecule has 1 aromatic rings. The second-order valence-corrected chi connectivity index (χ2v) is 5.03. The highest BCUT2D eigenvalue weighted by molar-refractivity contribution is 5.41. The third kappa shape index (κ3) is 5.83. The lowest BCUT2D eigenvalue weighted by atomic mass is 10.2. The third-order valence-corrected chi connectivity index (χ3v) is 2.73. The van der Waals surface area contributed by atoms with Gasteiger partial charge in [-0.05, 0) is 0 Å². The summed E-state index contributed by atoms with van der Waals surface area (Å²) in [6.07, 6.45) is 0. The van der Waals surface area contributed by atoms with E-state index in [1.54, 1.807) is 14.2 Å². The van der Waals surface area contributed by atoms with Crippen LogP contribution < -0.4 is 19.5 Å². The normalized spacial score (nSPS) is 12.3. The van der Waals surface area contributed by atoms with E-state index in [4.69, 9.17) is 14.2 Å². The second-order valence-electron chi connectivity index (χ2n) is 5.03. The molecule has 0 aromatic heterocycles. The van der Waals surface area contributed by atoms with Gasteiger partial charge in [0.2, 0.25) is 0 Å². The molecule has 0 radical (unpaired) electrons. The fourth-order valence-electron chi connectivity index (χ4n) is 1.60. The van der Waals surface area contributed by atoms with E-state index >= 15 is 0 Å². The van der Waals surface area contributed by atoms with E-state index in [1.165, 1.54) is 0 Å². The van der Waals surface area contributed by atoms with Crippen LogP contribution in [0.5, 0.6) is 17.2 Å². The summed E-state index contributed by atoms with van der Waals surface area (Å²) in [4.78, 5) is 0. The van der Waals surface area contributed by atoms with Crippen LogP contribution in [0.15, 0.2) is 18.2 Å². The second kappa shape index (κ2) is 7.89. The number of ether oxygens (including phenoxy) is 3. The van der Waals surface area contributed by atoms with Crippen molar-refractivity contribution >= 4 is 0 Å². The molecule has 19 heavy (non-hydrogen) atoms. The van der Waals surface area contributed by atoms with Crippen LogP contribution in [-0.2, 0) is 0 Å². The lowest BCUT2D eigenvalue weighted by Gasteiger charge is -2.16. The van der Waals surface area contributed by atoms with E-state index in [0.29, 0.717) is 18.6 Å². The van der Waals surface area contributed by atoms with Crippen LogP contribution in [0, 0.1) is 5.92 Å². The average Bonchev–Trinajstić information content (AvgIpc) is 2.42. The number of methoxy groups -OCH3 is 2. The van der Waals surface area contributed by atoms with Gasteiger partial charge in [0.15, 0.2) is 0 Å². The lowest BCUT2D eigenvalue weighted by Crippen LogP contribution is -2.30. The Balaban J connectivity index is 2.52. The first kappa shape index (κ1) is 15.6. The van der Waals surface area contributed by atoms with Crippen molar-refractivity contribution in [1.82, 2.24) is 5.32 Å². The molecule has 0 aliphatic heterocycles. The predicted molar refractivity (Wildman–Crippen MR) is 77.3 cm³/mol. The van der Waals surface area contributed by atoms with Crippen molar-refractivity contribution < 1.29 is 14.2 Å². The van der Waals surface area contributed by atoms with Crippen molar-refractivity contribution in [2.45, 2.75) is 26.8 Å². The maximum atomic E-state index is 5.79. The van der Waals surface area contributed by atoms with Crippen molar-refractivity contribution in [2.75, 3.05) is 27.4 Å². The minimum atomic E-state index is 0.444. The molecule has 0 amide bonds. The summed E-state index contributed by atoms with van der Waals surface area (Å²) in [5, 5.41) is 3.40. The summed E-state index contributed by atoms with van der Waals surface area (Å²) >= 11 is 0. The van der Waals surface area contributed by atoms with Crippen LogP contribution in [0.3, 0.4) is 0 Å². The first-order chi connectivity index (χ1) is 9.05. The molecule has 0 fully saturated rings. The molecule has 0 bridgehead atoms. The zero-order valence-corrected chi connectivity index (χ0v) is 12.5. The molecular formula is C15H25NO3. The monoisotopic (exact) mass is 267 g/mol. The molecule has 1 rings (SSSR count). The Morgan fingerprint density at radius 3 is 1.95 bits per heavy atom. The van der Waals surface area contributed by atoms with Gasteiger partial charge in [0.05, 0.1) is 20.8 Å². The van der Waals surface area contributed by atoms with Crippen molar-refractivity contribution in [3.63, 3.8) is 0 Å². The van der Waals surface area contributed by atoms with E-state index in [0.717, 1.165) is 23.8 Å². The van der Waals surface area contributed by atoms with Crippen molar-refractivity contribution in [2.24, 2.45) is 5.92 Å². The number of benzene rings is 1. The van der Waals surface area contributed by atoms with E-state index < -0.39 is 0 Å². The first-order valence-electron chi connectivity index (χ1n) is 6.64. The van der Waals surface area contributed by atoms with E-state index in [-0.39, 0.29) is 0 Å². The Morgan fingerprint density at radius 2 is 1.47 bits per heavy atom. The molecule has 0 heterocycles. The van der Waals surface area contributed by atoms with Crippen molar-refractivity contribution in [1.29, 1.82) is 0 Å². The van der Waals surface area contributed by atoms with Gasteiger partial charge in [0.1, 0.15) is 17.2 Å². The summed E-state index contributed by atoms with van der Waals surface area (Å²) in [7, 11) is 3.27. The Hall–Kier alpha value is -1.42. The molecule has 108 valence electrons. The van der Waals surface area contributed by atoms with Gasteiger partial charge >= 0.3 is 0 Å². The highest BCUT2D eigenvalue weighted by Gasteiger charge is 2.07. The Labute approximate surface area is 116 Å². The smallest absolute Gasteiger partial charge is 0.126 e. The molecule has 1 atom stereocenters. The minimum Gasteiger partial charge on any atom is -0.496 e. The van der Waals surface area contributed by atoms with Crippen LogP contribution in [0.2, 0.25) is 0 Å². The van der Waals surface area contributed by atoms with Gasteiger partial charge < -0.3 is 19.5 Å². The Bertz CT molecular complexity index is 357. The fourth-order valence-corrected chi connectivity index (χ4v) is 1.60. The van der Waals surface area contributed by atoms with Crippen LogP contribution in [0.4, 0.5) is 0 Å². The van der Waals surface area contributed by atoms with Gasteiger partial charge in [-0.2, -0.15) is 0 Å². The van der Waals surface area contributed by atoms with Gasteiger partial charge in [0, 0.05) is 36.7 Å². The van der Waals surface area contributed by atoms with E-state index in [9.17, 15) is 0 Å².